The lowest BCUT2D eigenvalue weighted by molar-refractivity contribution is 0.354. The number of hydrogen-bond acceptors (Lipinski definition) is 4. The predicted molar refractivity (Wildman–Crippen MR) is 63.5 cm³/mol. The molecule has 1 aliphatic rings. The van der Waals surface area contributed by atoms with Crippen LogP contribution in [-0.4, -0.2) is 49.1 Å². The number of aromatic amines is 1. The Balaban J connectivity index is 1.95. The molecule has 1 aromatic rings. The molecule has 0 saturated carbocycles. The molecule has 96 valence electrons. The molecule has 0 aliphatic carbocycles. The zero-order valence-electron chi connectivity index (χ0n) is 9.73. The molecule has 0 radical (unpaired) electrons. The number of nitrogens with zero attached hydrogens (tertiary/aromatic N) is 2. The zero-order chi connectivity index (χ0) is 12.3. The van der Waals surface area contributed by atoms with E-state index in [-0.39, 0.29) is 6.54 Å². The Kier molecular flexibility index (Phi) is 3.77. The van der Waals surface area contributed by atoms with Gasteiger partial charge in [0.1, 0.15) is 0 Å². The number of rotatable bonds is 4. The first-order chi connectivity index (χ1) is 8.09. The predicted octanol–water partition coefficient (Wildman–Crippen LogP) is -1.04. The van der Waals surface area contributed by atoms with Gasteiger partial charge in [-0.05, 0) is 6.92 Å². The lowest BCUT2D eigenvalue weighted by atomic mass is 10.3. The second-order valence-corrected chi connectivity index (χ2v) is 5.75. The van der Waals surface area contributed by atoms with E-state index in [4.69, 9.17) is 0 Å². The molecule has 0 unspecified atom stereocenters. The van der Waals surface area contributed by atoms with Gasteiger partial charge in [-0.1, -0.05) is 0 Å². The Morgan fingerprint density at radius 1 is 1.47 bits per heavy atom. The fraction of sp³-hybridized carbons (Fsp3) is 0.667. The van der Waals surface area contributed by atoms with E-state index in [2.05, 4.69) is 20.2 Å². The smallest absolute Gasteiger partial charge is 0.279 e. The molecule has 2 rings (SSSR count). The highest BCUT2D eigenvalue weighted by molar-refractivity contribution is 7.87. The largest absolute Gasteiger partial charge is 0.314 e. The summed E-state index contributed by atoms with van der Waals surface area (Å²) in [6.07, 6.45) is 1.63. The summed E-state index contributed by atoms with van der Waals surface area (Å²) < 4.78 is 27.9. The van der Waals surface area contributed by atoms with E-state index in [1.165, 1.54) is 4.31 Å². The number of aryl methyl sites for hydroxylation is 1. The van der Waals surface area contributed by atoms with Gasteiger partial charge < -0.3 is 5.32 Å². The molecule has 0 aromatic carbocycles. The zero-order valence-corrected chi connectivity index (χ0v) is 10.5. The Morgan fingerprint density at radius 2 is 2.18 bits per heavy atom. The van der Waals surface area contributed by atoms with Crippen LogP contribution in [0.4, 0.5) is 0 Å². The molecule has 1 fully saturated rings. The Labute approximate surface area is 101 Å². The van der Waals surface area contributed by atoms with E-state index in [1.54, 1.807) is 6.20 Å². The van der Waals surface area contributed by atoms with Crippen molar-refractivity contribution < 1.29 is 8.42 Å². The normalized spacial score (nSPS) is 18.4. The van der Waals surface area contributed by atoms with Crippen LogP contribution >= 0.6 is 0 Å². The Morgan fingerprint density at radius 3 is 2.76 bits per heavy atom. The maximum Gasteiger partial charge on any atom is 0.279 e. The van der Waals surface area contributed by atoms with Gasteiger partial charge >= 0.3 is 0 Å². The SMILES string of the molecule is Cc1[nH]ncc1CNS(=O)(=O)N1CCNCC1. The summed E-state index contributed by atoms with van der Waals surface area (Å²) >= 11 is 0. The number of aromatic nitrogens is 2. The molecule has 2 heterocycles. The summed E-state index contributed by atoms with van der Waals surface area (Å²) in [7, 11) is -3.37. The van der Waals surface area contributed by atoms with Crippen molar-refractivity contribution in [1.29, 1.82) is 0 Å². The molecule has 0 amide bonds. The van der Waals surface area contributed by atoms with Crippen molar-refractivity contribution in [3.63, 3.8) is 0 Å². The van der Waals surface area contributed by atoms with Crippen molar-refractivity contribution in [2.45, 2.75) is 13.5 Å². The molecule has 8 heteroatoms. The van der Waals surface area contributed by atoms with Crippen LogP contribution in [0.1, 0.15) is 11.3 Å². The van der Waals surface area contributed by atoms with Gasteiger partial charge in [0.25, 0.3) is 10.2 Å². The molecule has 0 spiro atoms. The van der Waals surface area contributed by atoms with Crippen molar-refractivity contribution in [2.24, 2.45) is 0 Å². The van der Waals surface area contributed by atoms with Crippen LogP contribution in [-0.2, 0) is 16.8 Å². The third kappa shape index (κ3) is 3.03. The molecule has 1 aromatic heterocycles. The van der Waals surface area contributed by atoms with Crippen LogP contribution in [0.15, 0.2) is 6.20 Å². The Hall–Kier alpha value is -0.960. The van der Waals surface area contributed by atoms with Crippen LogP contribution < -0.4 is 10.0 Å². The summed E-state index contributed by atoms with van der Waals surface area (Å²) in [6, 6.07) is 0. The van der Waals surface area contributed by atoms with E-state index in [0.717, 1.165) is 11.3 Å². The highest BCUT2D eigenvalue weighted by atomic mass is 32.2. The standard InChI is InChI=1S/C9H17N5O2S/c1-8-9(6-11-13-8)7-12-17(15,16)14-4-2-10-3-5-14/h6,10,12H,2-5,7H2,1H3,(H,11,13). The minimum atomic E-state index is -3.37. The van der Waals surface area contributed by atoms with Crippen LogP contribution in [0.25, 0.3) is 0 Å². The number of piperazine rings is 1. The minimum absolute atomic E-state index is 0.272. The van der Waals surface area contributed by atoms with Crippen LogP contribution in [0.2, 0.25) is 0 Å². The molecule has 7 nitrogen and oxygen atoms in total. The van der Waals surface area contributed by atoms with Gasteiger partial charge in [-0.25, -0.2) is 0 Å². The minimum Gasteiger partial charge on any atom is -0.314 e. The van der Waals surface area contributed by atoms with Crippen molar-refractivity contribution in [3.8, 4) is 0 Å². The van der Waals surface area contributed by atoms with Crippen LogP contribution in [0, 0.1) is 6.92 Å². The second kappa shape index (κ2) is 5.13. The molecule has 1 saturated heterocycles. The summed E-state index contributed by atoms with van der Waals surface area (Å²) in [5.74, 6) is 0. The van der Waals surface area contributed by atoms with E-state index < -0.39 is 10.2 Å². The van der Waals surface area contributed by atoms with E-state index in [1.807, 2.05) is 6.92 Å². The van der Waals surface area contributed by atoms with Crippen molar-refractivity contribution in [3.05, 3.63) is 17.5 Å². The monoisotopic (exact) mass is 259 g/mol. The number of H-pyrrole nitrogens is 1. The number of nitrogens with one attached hydrogen (secondary N) is 3. The first-order valence-corrected chi connectivity index (χ1v) is 6.98. The first kappa shape index (κ1) is 12.5. The summed E-state index contributed by atoms with van der Waals surface area (Å²) in [5, 5.41) is 9.74. The van der Waals surface area contributed by atoms with Crippen molar-refractivity contribution in [2.75, 3.05) is 26.2 Å². The highest BCUT2D eigenvalue weighted by Crippen LogP contribution is 2.05. The summed E-state index contributed by atoms with van der Waals surface area (Å²) in [4.78, 5) is 0. The fourth-order valence-corrected chi connectivity index (χ4v) is 2.88. The lowest BCUT2D eigenvalue weighted by Crippen LogP contribution is -2.50. The van der Waals surface area contributed by atoms with Gasteiger partial charge in [-0.3, -0.25) is 5.10 Å². The van der Waals surface area contributed by atoms with Gasteiger partial charge in [0.2, 0.25) is 0 Å². The Bertz CT molecular complexity index is 463. The van der Waals surface area contributed by atoms with E-state index in [0.29, 0.717) is 26.2 Å². The molecule has 17 heavy (non-hydrogen) atoms. The third-order valence-corrected chi connectivity index (χ3v) is 4.35. The quantitative estimate of drug-likeness (QED) is 0.644. The second-order valence-electron chi connectivity index (χ2n) is 4.00. The van der Waals surface area contributed by atoms with E-state index in [9.17, 15) is 8.42 Å². The molecular weight excluding hydrogens is 242 g/mol. The molecule has 3 N–H and O–H groups in total. The molecular formula is C9H17N5O2S. The highest BCUT2D eigenvalue weighted by Gasteiger charge is 2.23. The summed E-state index contributed by atoms with van der Waals surface area (Å²) in [5.41, 5.74) is 1.75. The first-order valence-electron chi connectivity index (χ1n) is 5.54. The summed E-state index contributed by atoms with van der Waals surface area (Å²) in [6.45, 7) is 4.56. The third-order valence-electron chi connectivity index (χ3n) is 2.80. The van der Waals surface area contributed by atoms with Gasteiger partial charge in [-0.15, -0.1) is 0 Å². The van der Waals surface area contributed by atoms with Gasteiger partial charge in [0, 0.05) is 44.0 Å². The maximum atomic E-state index is 11.9. The molecule has 0 bridgehead atoms. The van der Waals surface area contributed by atoms with Crippen molar-refractivity contribution in [1.82, 2.24) is 24.5 Å². The van der Waals surface area contributed by atoms with Gasteiger partial charge in [0.05, 0.1) is 6.20 Å². The number of hydrogen-bond donors (Lipinski definition) is 3. The maximum absolute atomic E-state index is 11.9. The average molecular weight is 259 g/mol. The fourth-order valence-electron chi connectivity index (χ4n) is 1.70. The average Bonchev–Trinajstić information content (AvgIpc) is 2.74. The lowest BCUT2D eigenvalue weighted by Gasteiger charge is -2.26. The van der Waals surface area contributed by atoms with Crippen LogP contribution in [0.5, 0.6) is 0 Å². The molecule has 0 atom stereocenters. The van der Waals surface area contributed by atoms with Gasteiger partial charge in [0.15, 0.2) is 0 Å². The topological polar surface area (TPSA) is 90.1 Å². The van der Waals surface area contributed by atoms with Crippen LogP contribution in [0.3, 0.4) is 0 Å². The van der Waals surface area contributed by atoms with E-state index >= 15 is 0 Å². The molecule has 1 aliphatic heterocycles. The van der Waals surface area contributed by atoms with Gasteiger partial charge in [-0.2, -0.15) is 22.5 Å². The van der Waals surface area contributed by atoms with Crippen molar-refractivity contribution >= 4 is 10.2 Å².